The molecule has 0 fully saturated rings. The van der Waals surface area contributed by atoms with E-state index >= 15 is 0 Å². The number of hydrogen-bond acceptors (Lipinski definition) is 1. The maximum Gasteiger partial charge on any atom is 0.389 e. The van der Waals surface area contributed by atoms with Crippen molar-refractivity contribution in [3.05, 3.63) is 0 Å². The zero-order chi connectivity index (χ0) is 13.5. The highest BCUT2D eigenvalue weighted by atomic mass is 35.5. The molecule has 0 rings (SSSR count). The Kier molecular flexibility index (Phi) is 6.90. The Hall–Kier alpha value is -0.450. The minimum absolute atomic E-state index is 0.136. The second kappa shape index (κ2) is 7.09. The normalized spacial score (nSPS) is 12.6. The maximum absolute atomic E-state index is 11.9. The molecule has 0 aliphatic rings. The summed E-state index contributed by atoms with van der Waals surface area (Å²) in [5.41, 5.74) is -0.136. The summed E-state index contributed by atoms with van der Waals surface area (Å²) in [6.07, 6.45) is -4.19. The molecule has 1 N–H and O–H groups in total. The highest BCUT2D eigenvalue weighted by Crippen LogP contribution is 2.23. The molecule has 17 heavy (non-hydrogen) atoms. The smallest absolute Gasteiger partial charge is 0.356 e. The van der Waals surface area contributed by atoms with Crippen molar-refractivity contribution in [3.8, 4) is 0 Å². The highest BCUT2D eigenvalue weighted by molar-refractivity contribution is 6.17. The summed E-state index contributed by atoms with van der Waals surface area (Å²) >= 11 is 5.56. The first-order valence-electron chi connectivity index (χ1n) is 5.56. The van der Waals surface area contributed by atoms with E-state index in [2.05, 4.69) is 5.32 Å². The summed E-state index contributed by atoms with van der Waals surface area (Å²) in [5.74, 6) is -0.00730. The van der Waals surface area contributed by atoms with E-state index in [0.717, 1.165) is 12.8 Å². The van der Waals surface area contributed by atoms with Gasteiger partial charge in [-0.05, 0) is 18.3 Å². The summed E-state index contributed by atoms with van der Waals surface area (Å²) in [6, 6.07) is 0. The third-order valence-electron chi connectivity index (χ3n) is 2.39. The molecule has 0 bridgehead atoms. The van der Waals surface area contributed by atoms with Crippen molar-refractivity contribution in [1.82, 2.24) is 5.32 Å². The van der Waals surface area contributed by atoms with Crippen LogP contribution in [0.3, 0.4) is 0 Å². The first kappa shape index (κ1) is 16.6. The molecule has 102 valence electrons. The van der Waals surface area contributed by atoms with Crippen LogP contribution in [0.15, 0.2) is 0 Å². The summed E-state index contributed by atoms with van der Waals surface area (Å²) in [5, 5.41) is 2.52. The van der Waals surface area contributed by atoms with Gasteiger partial charge in [-0.25, -0.2) is 0 Å². The minimum Gasteiger partial charge on any atom is -0.356 e. The zero-order valence-electron chi connectivity index (χ0n) is 10.2. The summed E-state index contributed by atoms with van der Waals surface area (Å²) in [4.78, 5) is 11.2. The molecule has 0 aromatic heterocycles. The fourth-order valence-corrected chi connectivity index (χ4v) is 1.45. The molecule has 0 aromatic rings. The van der Waals surface area contributed by atoms with E-state index in [-0.39, 0.29) is 5.41 Å². The molecule has 0 aromatic carbocycles. The lowest BCUT2D eigenvalue weighted by Crippen LogP contribution is -2.34. The van der Waals surface area contributed by atoms with Gasteiger partial charge in [0, 0.05) is 18.8 Å². The highest BCUT2D eigenvalue weighted by Gasteiger charge is 2.28. The van der Waals surface area contributed by atoms with Gasteiger partial charge in [-0.1, -0.05) is 13.8 Å². The molecule has 1 amide bonds. The minimum atomic E-state index is -4.27. The zero-order valence-corrected chi connectivity index (χ0v) is 10.9. The molecule has 0 heterocycles. The monoisotopic (exact) mass is 273 g/mol. The first-order chi connectivity index (χ1) is 7.66. The number of carbonyl (C=O) groups is 1. The molecule has 2 nitrogen and oxygen atoms in total. The average molecular weight is 274 g/mol. The van der Waals surface area contributed by atoms with Gasteiger partial charge in [-0.3, -0.25) is 4.79 Å². The number of amides is 1. The standard InChI is InChI=1S/C11H19ClF3NO/c1-10(2,5-3-7-12)8-16-9(17)4-6-11(13,14)15/h3-8H2,1-2H3,(H,16,17). The Balaban J connectivity index is 3.83. The molecule has 0 atom stereocenters. The van der Waals surface area contributed by atoms with Crippen molar-refractivity contribution >= 4 is 17.5 Å². The number of carbonyl (C=O) groups excluding carboxylic acids is 1. The number of nitrogens with one attached hydrogen (secondary N) is 1. The van der Waals surface area contributed by atoms with Crippen LogP contribution in [0, 0.1) is 5.41 Å². The third-order valence-corrected chi connectivity index (χ3v) is 2.65. The van der Waals surface area contributed by atoms with Gasteiger partial charge in [0.25, 0.3) is 0 Å². The fraction of sp³-hybridized carbons (Fsp3) is 0.909. The van der Waals surface area contributed by atoms with Gasteiger partial charge in [0.1, 0.15) is 0 Å². The second-order valence-electron chi connectivity index (χ2n) is 4.85. The Labute approximate surface area is 105 Å². The van der Waals surface area contributed by atoms with Gasteiger partial charge in [-0.2, -0.15) is 13.2 Å². The number of alkyl halides is 4. The predicted octanol–water partition coefficient (Wildman–Crippen LogP) is 3.49. The van der Waals surface area contributed by atoms with E-state index in [1.54, 1.807) is 0 Å². The molecule has 0 saturated heterocycles. The van der Waals surface area contributed by atoms with E-state index < -0.39 is 24.9 Å². The summed E-state index contributed by atoms with van der Waals surface area (Å²) < 4.78 is 35.6. The van der Waals surface area contributed by atoms with Crippen molar-refractivity contribution in [3.63, 3.8) is 0 Å². The van der Waals surface area contributed by atoms with Crippen molar-refractivity contribution in [2.24, 2.45) is 5.41 Å². The van der Waals surface area contributed by atoms with Crippen LogP contribution in [-0.4, -0.2) is 24.5 Å². The maximum atomic E-state index is 11.9. The molecule has 0 aliphatic heterocycles. The van der Waals surface area contributed by atoms with Crippen LogP contribution in [0.4, 0.5) is 13.2 Å². The number of hydrogen-bond donors (Lipinski definition) is 1. The first-order valence-corrected chi connectivity index (χ1v) is 6.09. The van der Waals surface area contributed by atoms with Gasteiger partial charge in [0.05, 0.1) is 6.42 Å². The predicted molar refractivity (Wildman–Crippen MR) is 62.0 cm³/mol. The van der Waals surface area contributed by atoms with Gasteiger partial charge in [-0.15, -0.1) is 11.6 Å². The molecule has 0 spiro atoms. The Morgan fingerprint density at radius 2 is 1.82 bits per heavy atom. The van der Waals surface area contributed by atoms with E-state index in [4.69, 9.17) is 11.6 Å². The summed E-state index contributed by atoms with van der Waals surface area (Å²) in [7, 11) is 0. The van der Waals surface area contributed by atoms with E-state index in [9.17, 15) is 18.0 Å². The van der Waals surface area contributed by atoms with Crippen LogP contribution < -0.4 is 5.32 Å². The molecular weight excluding hydrogens is 255 g/mol. The molecule has 0 radical (unpaired) electrons. The van der Waals surface area contributed by atoms with Gasteiger partial charge >= 0.3 is 6.18 Å². The van der Waals surface area contributed by atoms with Crippen LogP contribution in [0.25, 0.3) is 0 Å². The van der Waals surface area contributed by atoms with Crippen LogP contribution in [-0.2, 0) is 4.79 Å². The van der Waals surface area contributed by atoms with Crippen LogP contribution >= 0.6 is 11.6 Å². The fourth-order valence-electron chi connectivity index (χ4n) is 1.32. The van der Waals surface area contributed by atoms with E-state index in [0.29, 0.717) is 12.4 Å². The summed E-state index contributed by atoms with van der Waals surface area (Å²) in [6.45, 7) is 4.27. The third kappa shape index (κ3) is 10.4. The Morgan fingerprint density at radius 3 is 2.29 bits per heavy atom. The molecule has 6 heteroatoms. The van der Waals surface area contributed by atoms with E-state index in [1.807, 2.05) is 13.8 Å². The van der Waals surface area contributed by atoms with Crippen molar-refractivity contribution in [2.75, 3.05) is 12.4 Å². The van der Waals surface area contributed by atoms with Crippen molar-refractivity contribution in [2.45, 2.75) is 45.7 Å². The number of rotatable bonds is 7. The van der Waals surface area contributed by atoms with Crippen LogP contribution in [0.1, 0.15) is 39.5 Å². The topological polar surface area (TPSA) is 29.1 Å². The van der Waals surface area contributed by atoms with Crippen molar-refractivity contribution in [1.29, 1.82) is 0 Å². The van der Waals surface area contributed by atoms with E-state index in [1.165, 1.54) is 0 Å². The van der Waals surface area contributed by atoms with Crippen LogP contribution in [0.5, 0.6) is 0 Å². The van der Waals surface area contributed by atoms with Crippen LogP contribution in [0.2, 0.25) is 0 Å². The molecule has 0 saturated carbocycles. The van der Waals surface area contributed by atoms with Gasteiger partial charge in [0.2, 0.25) is 5.91 Å². The SMILES string of the molecule is CC(C)(CCCCl)CNC(=O)CCC(F)(F)F. The average Bonchev–Trinajstić information content (AvgIpc) is 2.20. The van der Waals surface area contributed by atoms with Crippen molar-refractivity contribution < 1.29 is 18.0 Å². The lowest BCUT2D eigenvalue weighted by atomic mass is 9.88. The Bertz CT molecular complexity index is 241. The lowest BCUT2D eigenvalue weighted by molar-refractivity contribution is -0.144. The number of halogens is 4. The molecule has 0 unspecified atom stereocenters. The quantitative estimate of drug-likeness (QED) is 0.707. The molecule has 0 aliphatic carbocycles. The van der Waals surface area contributed by atoms with Gasteiger partial charge in [0.15, 0.2) is 0 Å². The lowest BCUT2D eigenvalue weighted by Gasteiger charge is -2.24. The molecular formula is C11H19ClF3NO. The Morgan fingerprint density at radius 1 is 1.24 bits per heavy atom. The second-order valence-corrected chi connectivity index (χ2v) is 5.23. The van der Waals surface area contributed by atoms with Gasteiger partial charge < -0.3 is 5.32 Å². The largest absolute Gasteiger partial charge is 0.389 e.